The van der Waals surface area contributed by atoms with E-state index in [0.717, 1.165) is 11.3 Å². The molecule has 3 aromatic rings. The van der Waals surface area contributed by atoms with Crippen molar-refractivity contribution in [1.29, 1.82) is 0 Å². The Labute approximate surface area is 182 Å². The lowest BCUT2D eigenvalue weighted by Crippen LogP contribution is -2.22. The van der Waals surface area contributed by atoms with Crippen molar-refractivity contribution in [1.82, 2.24) is 4.90 Å². The molecule has 30 heavy (non-hydrogen) atoms. The molecule has 0 aliphatic rings. The Hall–Kier alpha value is -3.36. The van der Waals surface area contributed by atoms with Gasteiger partial charge in [-0.25, -0.2) is 4.79 Å². The predicted molar refractivity (Wildman–Crippen MR) is 121 cm³/mol. The van der Waals surface area contributed by atoms with Gasteiger partial charge in [0, 0.05) is 25.5 Å². The van der Waals surface area contributed by atoms with Gasteiger partial charge in [0.1, 0.15) is 0 Å². The van der Waals surface area contributed by atoms with Crippen LogP contribution in [0.2, 0.25) is 5.02 Å². The van der Waals surface area contributed by atoms with Gasteiger partial charge in [-0.05, 0) is 42.5 Å². The maximum absolute atomic E-state index is 12.5. The van der Waals surface area contributed by atoms with Crippen LogP contribution < -0.4 is 16.0 Å². The normalized spacial score (nSPS) is 10.2. The van der Waals surface area contributed by atoms with Gasteiger partial charge in [0.05, 0.1) is 20.5 Å². The van der Waals surface area contributed by atoms with Crippen LogP contribution in [-0.4, -0.2) is 36.8 Å². The summed E-state index contributed by atoms with van der Waals surface area (Å²) in [4.78, 5) is 38.6. The molecule has 0 bridgehead atoms. The highest BCUT2D eigenvalue weighted by atomic mass is 35.5. The summed E-state index contributed by atoms with van der Waals surface area (Å²) >= 11 is 7.23. The van der Waals surface area contributed by atoms with E-state index >= 15 is 0 Å². The van der Waals surface area contributed by atoms with Gasteiger partial charge in [-0.3, -0.25) is 14.9 Å². The fourth-order valence-electron chi connectivity index (χ4n) is 2.52. The van der Waals surface area contributed by atoms with Gasteiger partial charge < -0.3 is 15.5 Å². The number of nitrogens with one attached hydrogen (secondary N) is 3. The first kappa shape index (κ1) is 21.4. The zero-order valence-corrected chi connectivity index (χ0v) is 17.8. The molecular formula is C21H19ClN4O3S. The fraction of sp³-hybridized carbons (Fsp3) is 0.0952. The van der Waals surface area contributed by atoms with E-state index in [9.17, 15) is 14.4 Å². The minimum atomic E-state index is -0.403. The molecule has 0 aliphatic carbocycles. The van der Waals surface area contributed by atoms with Crippen molar-refractivity contribution in [3.8, 4) is 0 Å². The largest absolute Gasteiger partial charge is 0.345 e. The number of benzene rings is 2. The van der Waals surface area contributed by atoms with Crippen LogP contribution >= 0.6 is 22.9 Å². The zero-order valence-electron chi connectivity index (χ0n) is 16.2. The monoisotopic (exact) mass is 442 g/mol. The quantitative estimate of drug-likeness (QED) is 0.519. The van der Waals surface area contributed by atoms with Crippen molar-refractivity contribution in [3.05, 3.63) is 76.1 Å². The highest BCUT2D eigenvalue weighted by molar-refractivity contribution is 7.18. The summed E-state index contributed by atoms with van der Waals surface area (Å²) in [5, 5.41) is 8.97. The molecule has 7 nitrogen and oxygen atoms in total. The Kier molecular flexibility index (Phi) is 6.71. The predicted octanol–water partition coefficient (Wildman–Crippen LogP) is 5.00. The first-order valence-electron chi connectivity index (χ1n) is 8.89. The van der Waals surface area contributed by atoms with Crippen molar-refractivity contribution >= 4 is 57.2 Å². The van der Waals surface area contributed by atoms with Crippen molar-refractivity contribution in [2.45, 2.75) is 0 Å². The van der Waals surface area contributed by atoms with Gasteiger partial charge in [-0.15, -0.1) is 11.3 Å². The van der Waals surface area contributed by atoms with Crippen molar-refractivity contribution in [2.24, 2.45) is 0 Å². The first-order chi connectivity index (χ1) is 14.3. The van der Waals surface area contributed by atoms with Crippen LogP contribution in [-0.2, 0) is 0 Å². The molecule has 0 spiro atoms. The standard InChI is InChI=1S/C21H19ClN4O3S/c1-26(2)20(28)15-12-14(8-9-16(15)22)23-19(27)17-10-11-18(30-17)25-21(29)24-13-6-4-3-5-7-13/h3-12H,1-2H3,(H,23,27)(H2,24,25,29). The van der Waals surface area contributed by atoms with E-state index in [1.165, 1.54) is 11.0 Å². The summed E-state index contributed by atoms with van der Waals surface area (Å²) < 4.78 is 0. The van der Waals surface area contributed by atoms with Crippen LogP contribution in [0.4, 0.5) is 21.2 Å². The van der Waals surface area contributed by atoms with Crippen LogP contribution in [0.3, 0.4) is 0 Å². The average Bonchev–Trinajstić information content (AvgIpc) is 3.18. The molecule has 0 atom stereocenters. The highest BCUT2D eigenvalue weighted by Crippen LogP contribution is 2.25. The third-order valence-corrected chi connectivity index (χ3v) is 5.29. The Morgan fingerprint density at radius 2 is 1.60 bits per heavy atom. The minimum absolute atomic E-state index is 0.261. The maximum atomic E-state index is 12.5. The SMILES string of the molecule is CN(C)C(=O)c1cc(NC(=O)c2ccc(NC(=O)Nc3ccccc3)s2)ccc1Cl. The second-order valence-electron chi connectivity index (χ2n) is 6.46. The second-order valence-corrected chi connectivity index (χ2v) is 7.95. The molecular weight excluding hydrogens is 424 g/mol. The third kappa shape index (κ3) is 5.37. The van der Waals surface area contributed by atoms with Crippen LogP contribution in [0.15, 0.2) is 60.7 Å². The summed E-state index contributed by atoms with van der Waals surface area (Å²) in [6.45, 7) is 0. The number of thiophene rings is 1. The Morgan fingerprint density at radius 1 is 0.867 bits per heavy atom. The van der Waals surface area contributed by atoms with Crippen LogP contribution in [0.5, 0.6) is 0 Å². The van der Waals surface area contributed by atoms with Crippen molar-refractivity contribution in [2.75, 3.05) is 30.0 Å². The summed E-state index contributed by atoms with van der Waals surface area (Å²) in [7, 11) is 3.25. The van der Waals surface area contributed by atoms with Crippen LogP contribution in [0.1, 0.15) is 20.0 Å². The maximum Gasteiger partial charge on any atom is 0.324 e. The molecule has 154 valence electrons. The number of para-hydroxylation sites is 1. The van der Waals surface area contributed by atoms with Gasteiger partial charge in [-0.2, -0.15) is 0 Å². The molecule has 3 rings (SSSR count). The molecule has 1 aromatic heterocycles. The molecule has 9 heteroatoms. The van der Waals surface area contributed by atoms with Gasteiger partial charge >= 0.3 is 6.03 Å². The molecule has 2 aromatic carbocycles. The van der Waals surface area contributed by atoms with Gasteiger partial charge in [0.25, 0.3) is 11.8 Å². The number of nitrogens with zero attached hydrogens (tertiary/aromatic N) is 1. The Bertz CT molecular complexity index is 1080. The lowest BCUT2D eigenvalue weighted by molar-refractivity contribution is 0.0827. The Balaban J connectivity index is 1.64. The number of anilines is 3. The minimum Gasteiger partial charge on any atom is -0.345 e. The number of carbonyl (C=O) groups is 3. The lowest BCUT2D eigenvalue weighted by Gasteiger charge is -2.13. The molecule has 4 amide bonds. The number of carbonyl (C=O) groups excluding carboxylic acids is 3. The zero-order chi connectivity index (χ0) is 21.7. The second kappa shape index (κ2) is 9.43. The third-order valence-electron chi connectivity index (χ3n) is 3.96. The molecule has 1 heterocycles. The van der Waals surface area contributed by atoms with Gasteiger partial charge in [0.15, 0.2) is 0 Å². The molecule has 0 saturated heterocycles. The highest BCUT2D eigenvalue weighted by Gasteiger charge is 2.16. The van der Waals surface area contributed by atoms with E-state index in [2.05, 4.69) is 16.0 Å². The number of hydrogen-bond donors (Lipinski definition) is 3. The first-order valence-corrected chi connectivity index (χ1v) is 10.1. The van der Waals surface area contributed by atoms with E-state index in [0.29, 0.717) is 31.8 Å². The number of urea groups is 1. The van der Waals surface area contributed by atoms with E-state index in [1.54, 1.807) is 50.5 Å². The molecule has 0 radical (unpaired) electrons. The molecule has 0 aliphatic heterocycles. The fourth-order valence-corrected chi connectivity index (χ4v) is 3.52. The van der Waals surface area contributed by atoms with E-state index < -0.39 is 6.03 Å². The molecule has 0 unspecified atom stereocenters. The van der Waals surface area contributed by atoms with Crippen LogP contribution in [0, 0.1) is 0 Å². The summed E-state index contributed by atoms with van der Waals surface area (Å²) in [6, 6.07) is 16.6. The summed E-state index contributed by atoms with van der Waals surface area (Å²) in [5.41, 5.74) is 1.40. The van der Waals surface area contributed by atoms with E-state index in [4.69, 9.17) is 11.6 Å². The lowest BCUT2D eigenvalue weighted by atomic mass is 10.1. The molecule has 3 N–H and O–H groups in total. The van der Waals surface area contributed by atoms with E-state index in [-0.39, 0.29) is 11.8 Å². The number of halogens is 1. The summed E-state index contributed by atoms with van der Waals surface area (Å²) in [6.07, 6.45) is 0. The number of rotatable bonds is 5. The smallest absolute Gasteiger partial charge is 0.324 e. The Morgan fingerprint density at radius 3 is 2.30 bits per heavy atom. The molecule has 0 saturated carbocycles. The van der Waals surface area contributed by atoms with Crippen molar-refractivity contribution in [3.63, 3.8) is 0 Å². The summed E-state index contributed by atoms with van der Waals surface area (Å²) in [5.74, 6) is -0.620. The molecule has 0 fully saturated rings. The van der Waals surface area contributed by atoms with Gasteiger partial charge in [-0.1, -0.05) is 29.8 Å². The topological polar surface area (TPSA) is 90.5 Å². The average molecular weight is 443 g/mol. The van der Waals surface area contributed by atoms with E-state index in [1.807, 2.05) is 18.2 Å². The number of amides is 4. The van der Waals surface area contributed by atoms with Crippen LogP contribution in [0.25, 0.3) is 0 Å². The van der Waals surface area contributed by atoms with Gasteiger partial charge in [0.2, 0.25) is 0 Å². The number of hydrogen-bond acceptors (Lipinski definition) is 4. The van der Waals surface area contributed by atoms with Crippen molar-refractivity contribution < 1.29 is 14.4 Å².